The van der Waals surface area contributed by atoms with E-state index >= 15 is 0 Å². The van der Waals surface area contributed by atoms with Crippen molar-refractivity contribution >= 4 is 44.8 Å². The summed E-state index contributed by atoms with van der Waals surface area (Å²) in [6, 6.07) is 7.74. The number of benzene rings is 1. The van der Waals surface area contributed by atoms with Crippen LogP contribution in [-0.2, 0) is 6.54 Å². The number of halogens is 3. The molecule has 94 valence electrons. The Morgan fingerprint density at radius 2 is 2.06 bits per heavy atom. The zero-order valence-electron chi connectivity index (χ0n) is 9.67. The molecule has 1 aromatic carbocycles. The first kappa shape index (κ1) is 13.7. The molecule has 18 heavy (non-hydrogen) atoms. The second kappa shape index (κ2) is 5.91. The van der Waals surface area contributed by atoms with Gasteiger partial charge in [-0.05, 0) is 52.2 Å². The third kappa shape index (κ3) is 3.16. The molecule has 1 aromatic heterocycles. The number of nitrogens with one attached hydrogen (secondary N) is 1. The molecule has 0 spiro atoms. The highest BCUT2D eigenvalue weighted by molar-refractivity contribution is 9.10. The van der Waals surface area contributed by atoms with Crippen molar-refractivity contribution in [2.24, 2.45) is 0 Å². The zero-order valence-corrected chi connectivity index (χ0v) is 12.8. The van der Waals surface area contributed by atoms with Gasteiger partial charge in [-0.15, -0.1) is 0 Å². The van der Waals surface area contributed by atoms with Crippen molar-refractivity contribution in [1.82, 2.24) is 4.98 Å². The van der Waals surface area contributed by atoms with Gasteiger partial charge in [0.1, 0.15) is 0 Å². The largest absolute Gasteiger partial charge is 0.378 e. The van der Waals surface area contributed by atoms with E-state index in [0.717, 1.165) is 21.3 Å². The maximum atomic E-state index is 6.05. The van der Waals surface area contributed by atoms with Gasteiger partial charge in [0, 0.05) is 17.2 Å². The maximum Gasteiger partial charge on any atom is 0.152 e. The molecule has 0 atom stereocenters. The van der Waals surface area contributed by atoms with Crippen molar-refractivity contribution in [2.75, 3.05) is 5.32 Å². The quantitative estimate of drug-likeness (QED) is 0.785. The van der Waals surface area contributed by atoms with Crippen LogP contribution >= 0.6 is 39.1 Å². The fourth-order valence-corrected chi connectivity index (χ4v) is 2.39. The standard InChI is InChI=1S/C13H11BrCl2N2/c1-8-4-5-17-13(16)12(8)18-7-9-2-3-11(15)10(14)6-9/h2-6,18H,7H2,1H3. The van der Waals surface area contributed by atoms with Crippen LogP contribution in [0.15, 0.2) is 34.9 Å². The molecular weight excluding hydrogens is 335 g/mol. The first-order chi connectivity index (χ1) is 8.58. The second-order valence-electron chi connectivity index (χ2n) is 3.90. The minimum Gasteiger partial charge on any atom is -0.378 e. The molecule has 0 saturated heterocycles. The minimum atomic E-state index is 0.489. The summed E-state index contributed by atoms with van der Waals surface area (Å²) in [4.78, 5) is 4.06. The van der Waals surface area contributed by atoms with Crippen molar-refractivity contribution < 1.29 is 0 Å². The number of hydrogen-bond acceptors (Lipinski definition) is 2. The summed E-state index contributed by atoms with van der Waals surface area (Å²) in [5.74, 6) is 0. The number of rotatable bonds is 3. The van der Waals surface area contributed by atoms with Crippen LogP contribution in [0.5, 0.6) is 0 Å². The monoisotopic (exact) mass is 344 g/mol. The summed E-state index contributed by atoms with van der Waals surface area (Å²) < 4.78 is 0.887. The topological polar surface area (TPSA) is 24.9 Å². The molecule has 0 bridgehead atoms. The van der Waals surface area contributed by atoms with E-state index < -0.39 is 0 Å². The first-order valence-electron chi connectivity index (χ1n) is 5.37. The van der Waals surface area contributed by atoms with Crippen molar-refractivity contribution in [3.8, 4) is 0 Å². The summed E-state index contributed by atoms with van der Waals surface area (Å²) >= 11 is 15.4. The molecule has 2 aromatic rings. The summed E-state index contributed by atoms with van der Waals surface area (Å²) in [6.07, 6.45) is 1.70. The molecule has 1 N–H and O–H groups in total. The van der Waals surface area contributed by atoms with E-state index in [-0.39, 0.29) is 0 Å². The smallest absolute Gasteiger partial charge is 0.152 e. The number of anilines is 1. The molecule has 2 nitrogen and oxygen atoms in total. The average molecular weight is 346 g/mol. The molecule has 0 fully saturated rings. The van der Waals surface area contributed by atoms with E-state index in [2.05, 4.69) is 26.2 Å². The molecule has 0 aliphatic rings. The van der Waals surface area contributed by atoms with Crippen molar-refractivity contribution in [3.05, 3.63) is 56.2 Å². The highest BCUT2D eigenvalue weighted by Crippen LogP contribution is 2.26. The number of aromatic nitrogens is 1. The second-order valence-corrected chi connectivity index (χ2v) is 5.52. The molecule has 1 heterocycles. The van der Waals surface area contributed by atoms with Crippen molar-refractivity contribution in [1.29, 1.82) is 0 Å². The van der Waals surface area contributed by atoms with Gasteiger partial charge < -0.3 is 5.32 Å². The molecule has 0 aliphatic carbocycles. The van der Waals surface area contributed by atoms with Crippen LogP contribution in [0.2, 0.25) is 10.2 Å². The number of hydrogen-bond donors (Lipinski definition) is 1. The molecule has 0 amide bonds. The molecule has 0 saturated carbocycles. The summed E-state index contributed by atoms with van der Waals surface area (Å²) in [7, 11) is 0. The Labute approximate surface area is 124 Å². The fourth-order valence-electron chi connectivity index (χ4n) is 1.58. The van der Waals surface area contributed by atoms with Gasteiger partial charge in [0.05, 0.1) is 10.7 Å². The van der Waals surface area contributed by atoms with Crippen LogP contribution in [0.4, 0.5) is 5.69 Å². The molecule has 2 rings (SSSR count). The summed E-state index contributed by atoms with van der Waals surface area (Å²) in [5, 5.41) is 4.48. The average Bonchev–Trinajstić information content (AvgIpc) is 2.33. The van der Waals surface area contributed by atoms with Crippen LogP contribution in [0.25, 0.3) is 0 Å². The zero-order chi connectivity index (χ0) is 13.1. The van der Waals surface area contributed by atoms with Gasteiger partial charge in [0.25, 0.3) is 0 Å². The van der Waals surface area contributed by atoms with E-state index in [4.69, 9.17) is 23.2 Å². The van der Waals surface area contributed by atoms with Gasteiger partial charge in [-0.25, -0.2) is 4.98 Å². The van der Waals surface area contributed by atoms with Crippen molar-refractivity contribution in [2.45, 2.75) is 13.5 Å². The molecule has 5 heteroatoms. The van der Waals surface area contributed by atoms with Crippen LogP contribution in [0, 0.1) is 6.92 Å². The summed E-state index contributed by atoms with van der Waals surface area (Å²) in [6.45, 7) is 2.66. The van der Waals surface area contributed by atoms with Crippen LogP contribution < -0.4 is 5.32 Å². The van der Waals surface area contributed by atoms with E-state index in [0.29, 0.717) is 16.7 Å². The van der Waals surface area contributed by atoms with Crippen molar-refractivity contribution in [3.63, 3.8) is 0 Å². The fraction of sp³-hybridized carbons (Fsp3) is 0.154. The normalized spacial score (nSPS) is 10.4. The molecule has 0 radical (unpaired) electrons. The lowest BCUT2D eigenvalue weighted by atomic mass is 10.2. The number of pyridine rings is 1. The molecule has 0 aliphatic heterocycles. The predicted octanol–water partition coefficient (Wildman–Crippen LogP) is 5.07. The number of aryl methyl sites for hydroxylation is 1. The lowest BCUT2D eigenvalue weighted by molar-refractivity contribution is 1.12. The van der Waals surface area contributed by atoms with Gasteiger partial charge in [0.2, 0.25) is 0 Å². The summed E-state index contributed by atoms with van der Waals surface area (Å²) in [5.41, 5.74) is 3.05. The van der Waals surface area contributed by atoms with E-state index in [1.54, 1.807) is 6.20 Å². The first-order valence-corrected chi connectivity index (χ1v) is 6.91. The Morgan fingerprint density at radius 1 is 1.28 bits per heavy atom. The van der Waals surface area contributed by atoms with Crippen LogP contribution in [0.3, 0.4) is 0 Å². The van der Waals surface area contributed by atoms with Gasteiger partial charge in [-0.3, -0.25) is 0 Å². The Kier molecular flexibility index (Phi) is 4.49. The van der Waals surface area contributed by atoms with E-state index in [1.807, 2.05) is 31.2 Å². The third-order valence-corrected chi connectivity index (χ3v) is 4.07. The number of nitrogens with zero attached hydrogens (tertiary/aromatic N) is 1. The Bertz CT molecular complexity index is 553. The SMILES string of the molecule is Cc1ccnc(Cl)c1NCc1ccc(Cl)c(Br)c1. The minimum absolute atomic E-state index is 0.489. The lowest BCUT2D eigenvalue weighted by Gasteiger charge is -2.11. The molecular formula is C13H11BrCl2N2. The predicted molar refractivity (Wildman–Crippen MR) is 80.5 cm³/mol. The lowest BCUT2D eigenvalue weighted by Crippen LogP contribution is -2.02. The highest BCUT2D eigenvalue weighted by atomic mass is 79.9. The Morgan fingerprint density at radius 3 is 2.72 bits per heavy atom. The highest BCUT2D eigenvalue weighted by Gasteiger charge is 2.05. The van der Waals surface area contributed by atoms with E-state index in [9.17, 15) is 0 Å². The third-order valence-electron chi connectivity index (χ3n) is 2.57. The van der Waals surface area contributed by atoms with Crippen LogP contribution in [0.1, 0.15) is 11.1 Å². The Balaban J connectivity index is 2.14. The Hall–Kier alpha value is -0.770. The van der Waals surface area contributed by atoms with Gasteiger partial charge in [-0.2, -0.15) is 0 Å². The van der Waals surface area contributed by atoms with E-state index in [1.165, 1.54) is 0 Å². The maximum absolute atomic E-state index is 6.05. The molecule has 0 unspecified atom stereocenters. The van der Waals surface area contributed by atoms with Gasteiger partial charge in [0.15, 0.2) is 5.15 Å². The van der Waals surface area contributed by atoms with Gasteiger partial charge >= 0.3 is 0 Å². The van der Waals surface area contributed by atoms with Crippen LogP contribution in [-0.4, -0.2) is 4.98 Å². The van der Waals surface area contributed by atoms with Gasteiger partial charge in [-0.1, -0.05) is 29.3 Å².